The van der Waals surface area contributed by atoms with E-state index in [1.54, 1.807) is 0 Å². The minimum Gasteiger partial charge on any atom is -0.481 e. The van der Waals surface area contributed by atoms with Crippen LogP contribution in [0.25, 0.3) is 0 Å². The molecule has 0 aromatic rings. The Labute approximate surface area is 145 Å². The summed E-state index contributed by atoms with van der Waals surface area (Å²) in [5.41, 5.74) is -2.06. The summed E-state index contributed by atoms with van der Waals surface area (Å²) in [6.45, 7) is 7.59. The number of hydrogen-bond acceptors (Lipinski definition) is 3. The zero-order valence-electron chi connectivity index (χ0n) is 15.1. The third kappa shape index (κ3) is 7.28. The van der Waals surface area contributed by atoms with Crippen LogP contribution in [0.2, 0.25) is 0 Å². The number of ketones is 1. The quantitative estimate of drug-likeness (QED) is 0.336. The van der Waals surface area contributed by atoms with Crippen LogP contribution in [0.15, 0.2) is 12.2 Å². The van der Waals surface area contributed by atoms with Crippen molar-refractivity contribution in [1.82, 2.24) is 0 Å². The molecule has 1 unspecified atom stereocenters. The molecule has 0 saturated carbocycles. The van der Waals surface area contributed by atoms with E-state index in [9.17, 15) is 24.6 Å². The van der Waals surface area contributed by atoms with E-state index in [1.807, 2.05) is 6.92 Å². The normalized spacial score (nSPS) is 13.2. The van der Waals surface area contributed by atoms with Gasteiger partial charge in [-0.05, 0) is 12.8 Å². The second-order valence-electron chi connectivity index (χ2n) is 6.51. The molecule has 2 N–H and O–H groups in total. The molecule has 0 bridgehead atoms. The van der Waals surface area contributed by atoms with Gasteiger partial charge in [-0.15, -0.1) is 0 Å². The molecule has 0 amide bonds. The zero-order chi connectivity index (χ0) is 18.6. The van der Waals surface area contributed by atoms with E-state index in [4.69, 9.17) is 0 Å². The molecular weight excluding hydrogens is 308 g/mol. The molecule has 0 saturated heterocycles. The van der Waals surface area contributed by atoms with Crippen molar-refractivity contribution >= 4 is 17.7 Å². The summed E-state index contributed by atoms with van der Waals surface area (Å²) < 4.78 is 0. The van der Waals surface area contributed by atoms with E-state index in [1.165, 1.54) is 0 Å². The van der Waals surface area contributed by atoms with Gasteiger partial charge in [0, 0.05) is 18.4 Å². The number of unbranched alkanes of at least 4 members (excludes halogenated alkanes) is 6. The van der Waals surface area contributed by atoms with Crippen molar-refractivity contribution in [2.24, 2.45) is 5.41 Å². The number of carboxylic acid groups (broad SMARTS) is 2. The van der Waals surface area contributed by atoms with Gasteiger partial charge in [0.05, 0.1) is 0 Å². The van der Waals surface area contributed by atoms with Crippen LogP contribution in [0.3, 0.4) is 0 Å². The van der Waals surface area contributed by atoms with E-state index >= 15 is 0 Å². The van der Waals surface area contributed by atoms with Crippen molar-refractivity contribution in [1.29, 1.82) is 0 Å². The minimum absolute atomic E-state index is 0.147. The Hall–Kier alpha value is -1.65. The van der Waals surface area contributed by atoms with Crippen LogP contribution in [-0.2, 0) is 14.4 Å². The maximum absolute atomic E-state index is 12.2. The largest absolute Gasteiger partial charge is 0.481 e. The summed E-state index contributed by atoms with van der Waals surface area (Å²) in [5.74, 6) is -2.79. The number of carbonyl (C=O) groups excluding carboxylic acids is 1. The molecule has 0 spiro atoms. The number of rotatable bonds is 15. The highest BCUT2D eigenvalue weighted by Crippen LogP contribution is 2.38. The molecule has 138 valence electrons. The molecule has 0 aliphatic heterocycles. The van der Waals surface area contributed by atoms with Gasteiger partial charge >= 0.3 is 11.9 Å². The molecule has 0 aromatic heterocycles. The average Bonchev–Trinajstić information content (AvgIpc) is 2.53. The van der Waals surface area contributed by atoms with E-state index in [-0.39, 0.29) is 24.2 Å². The second kappa shape index (κ2) is 11.8. The Morgan fingerprint density at radius 2 is 1.42 bits per heavy atom. The highest BCUT2D eigenvalue weighted by atomic mass is 16.4. The molecule has 0 aromatic carbocycles. The summed E-state index contributed by atoms with van der Waals surface area (Å²) in [6, 6.07) is 0. The molecule has 1 atom stereocenters. The van der Waals surface area contributed by atoms with Crippen molar-refractivity contribution in [2.45, 2.75) is 84.5 Å². The van der Waals surface area contributed by atoms with Gasteiger partial charge in [0.2, 0.25) is 0 Å². The van der Waals surface area contributed by atoms with Gasteiger partial charge in [-0.1, -0.05) is 65.4 Å². The van der Waals surface area contributed by atoms with Crippen LogP contribution in [0.1, 0.15) is 84.5 Å². The van der Waals surface area contributed by atoms with Crippen molar-refractivity contribution in [3.63, 3.8) is 0 Å². The SMILES string of the molecule is C=C(C(=O)O)C(CCCCCC)(CC(=O)CCCCCC)C(=O)O. The lowest BCUT2D eigenvalue weighted by molar-refractivity contribution is -0.152. The fourth-order valence-corrected chi connectivity index (χ4v) is 2.89. The molecule has 0 aliphatic rings. The molecule has 5 heteroatoms. The third-order valence-corrected chi connectivity index (χ3v) is 4.51. The van der Waals surface area contributed by atoms with Crippen LogP contribution < -0.4 is 0 Å². The fourth-order valence-electron chi connectivity index (χ4n) is 2.89. The molecule has 0 aliphatic carbocycles. The third-order valence-electron chi connectivity index (χ3n) is 4.51. The Kier molecular flexibility index (Phi) is 11.0. The smallest absolute Gasteiger partial charge is 0.332 e. The number of carbonyl (C=O) groups is 3. The summed E-state index contributed by atoms with van der Waals surface area (Å²) in [6.07, 6.45) is 7.28. The lowest BCUT2D eigenvalue weighted by Gasteiger charge is -2.29. The van der Waals surface area contributed by atoms with Crippen LogP contribution in [0, 0.1) is 5.41 Å². The number of hydrogen-bond donors (Lipinski definition) is 2. The van der Waals surface area contributed by atoms with E-state index in [0.29, 0.717) is 12.8 Å². The molecular formula is C19H32O5. The summed E-state index contributed by atoms with van der Waals surface area (Å²) in [5, 5.41) is 18.9. The molecule has 0 rings (SSSR count). The van der Waals surface area contributed by atoms with Gasteiger partial charge < -0.3 is 10.2 Å². The Balaban J connectivity index is 5.06. The van der Waals surface area contributed by atoms with Crippen molar-refractivity contribution in [3.05, 3.63) is 12.2 Å². The average molecular weight is 340 g/mol. The highest BCUT2D eigenvalue weighted by molar-refractivity contribution is 5.99. The first-order chi connectivity index (χ1) is 11.3. The van der Waals surface area contributed by atoms with Gasteiger partial charge in [-0.2, -0.15) is 0 Å². The zero-order valence-corrected chi connectivity index (χ0v) is 15.1. The standard InChI is InChI=1S/C19H32O5/c1-4-6-8-10-12-16(20)14-19(18(23)24,15(3)17(21)22)13-11-9-7-5-2/h3-14H2,1-2H3,(H,21,22)(H,23,24). The Morgan fingerprint density at radius 3 is 1.88 bits per heavy atom. The first kappa shape index (κ1) is 22.4. The van der Waals surface area contributed by atoms with Gasteiger partial charge in [0.15, 0.2) is 0 Å². The molecule has 0 heterocycles. The summed E-state index contributed by atoms with van der Waals surface area (Å²) in [7, 11) is 0. The predicted octanol–water partition coefficient (Wildman–Crippen LogP) is 4.60. The van der Waals surface area contributed by atoms with E-state index < -0.39 is 17.4 Å². The maximum Gasteiger partial charge on any atom is 0.332 e. The molecule has 5 nitrogen and oxygen atoms in total. The van der Waals surface area contributed by atoms with Crippen LogP contribution in [0.5, 0.6) is 0 Å². The first-order valence-electron chi connectivity index (χ1n) is 8.99. The first-order valence-corrected chi connectivity index (χ1v) is 8.99. The van der Waals surface area contributed by atoms with Gasteiger partial charge in [0.1, 0.15) is 11.2 Å². The maximum atomic E-state index is 12.2. The van der Waals surface area contributed by atoms with E-state index in [2.05, 4.69) is 13.5 Å². The molecule has 0 radical (unpaired) electrons. The van der Waals surface area contributed by atoms with Crippen molar-refractivity contribution < 1.29 is 24.6 Å². The minimum atomic E-state index is -1.68. The molecule has 24 heavy (non-hydrogen) atoms. The molecule has 0 fully saturated rings. The van der Waals surface area contributed by atoms with Gasteiger partial charge in [0.25, 0.3) is 0 Å². The monoisotopic (exact) mass is 340 g/mol. The van der Waals surface area contributed by atoms with Crippen molar-refractivity contribution in [3.8, 4) is 0 Å². The van der Waals surface area contributed by atoms with Crippen LogP contribution in [-0.4, -0.2) is 27.9 Å². The van der Waals surface area contributed by atoms with Crippen LogP contribution in [0.4, 0.5) is 0 Å². The summed E-state index contributed by atoms with van der Waals surface area (Å²) >= 11 is 0. The highest BCUT2D eigenvalue weighted by Gasteiger charge is 2.45. The van der Waals surface area contributed by atoms with Gasteiger partial charge in [-0.3, -0.25) is 9.59 Å². The van der Waals surface area contributed by atoms with Crippen molar-refractivity contribution in [2.75, 3.05) is 0 Å². The number of carboxylic acids is 2. The van der Waals surface area contributed by atoms with Crippen LogP contribution >= 0.6 is 0 Å². The topological polar surface area (TPSA) is 91.7 Å². The lowest BCUT2D eigenvalue weighted by Crippen LogP contribution is -2.38. The number of Topliss-reactive ketones (excluding diaryl/α,β-unsaturated/α-hetero) is 1. The fraction of sp³-hybridized carbons (Fsp3) is 0.737. The predicted molar refractivity (Wildman–Crippen MR) is 94.0 cm³/mol. The summed E-state index contributed by atoms with van der Waals surface area (Å²) in [4.78, 5) is 35.5. The Morgan fingerprint density at radius 1 is 0.875 bits per heavy atom. The lowest BCUT2D eigenvalue weighted by atomic mass is 9.72. The number of aliphatic carboxylic acids is 2. The van der Waals surface area contributed by atoms with Gasteiger partial charge in [-0.25, -0.2) is 4.79 Å². The second-order valence-corrected chi connectivity index (χ2v) is 6.51. The van der Waals surface area contributed by atoms with E-state index in [0.717, 1.165) is 44.9 Å². The Bertz CT molecular complexity index is 441.